The van der Waals surface area contributed by atoms with E-state index in [2.05, 4.69) is 10.6 Å². The van der Waals surface area contributed by atoms with E-state index in [1.54, 1.807) is 64.3 Å². The van der Waals surface area contributed by atoms with Gasteiger partial charge in [0.15, 0.2) is 0 Å². The first kappa shape index (κ1) is 31.1. The SMILES string of the molecule is CCCCN(C(=O)C(CC(N)=O)NC(=O)OC(C)(C)C)C(C(=O)Nc1ccc(OC)cc1)c1ccc(C)cc1. The van der Waals surface area contributed by atoms with Crippen LogP contribution in [-0.4, -0.2) is 54.0 Å². The molecule has 0 saturated heterocycles. The van der Waals surface area contributed by atoms with Gasteiger partial charge >= 0.3 is 6.09 Å². The molecule has 0 saturated carbocycles. The number of benzene rings is 2. The van der Waals surface area contributed by atoms with Gasteiger partial charge in [0.2, 0.25) is 11.8 Å². The van der Waals surface area contributed by atoms with Gasteiger partial charge in [-0.15, -0.1) is 0 Å². The molecule has 0 aromatic heterocycles. The molecule has 4 amide bonds. The number of methoxy groups -OCH3 is 1. The number of amides is 4. The van der Waals surface area contributed by atoms with E-state index in [0.29, 0.717) is 23.4 Å². The molecule has 212 valence electrons. The molecule has 10 nitrogen and oxygen atoms in total. The van der Waals surface area contributed by atoms with Crippen LogP contribution in [0, 0.1) is 6.92 Å². The number of primary amides is 1. The predicted molar refractivity (Wildman–Crippen MR) is 149 cm³/mol. The van der Waals surface area contributed by atoms with Crippen molar-refractivity contribution in [3.8, 4) is 5.75 Å². The van der Waals surface area contributed by atoms with Crippen LogP contribution in [0.4, 0.5) is 10.5 Å². The summed E-state index contributed by atoms with van der Waals surface area (Å²) in [4.78, 5) is 53.6. The Labute approximate surface area is 230 Å². The zero-order valence-corrected chi connectivity index (χ0v) is 23.6. The first-order valence-corrected chi connectivity index (χ1v) is 12.9. The first-order chi connectivity index (χ1) is 18.3. The topological polar surface area (TPSA) is 140 Å². The van der Waals surface area contributed by atoms with Crippen molar-refractivity contribution in [3.63, 3.8) is 0 Å². The summed E-state index contributed by atoms with van der Waals surface area (Å²) in [6, 6.07) is 11.7. The van der Waals surface area contributed by atoms with Crippen molar-refractivity contribution in [3.05, 3.63) is 59.7 Å². The van der Waals surface area contributed by atoms with E-state index < -0.39 is 47.9 Å². The highest BCUT2D eigenvalue weighted by Gasteiger charge is 2.36. The average Bonchev–Trinajstić information content (AvgIpc) is 2.85. The summed E-state index contributed by atoms with van der Waals surface area (Å²) in [5.74, 6) is -1.23. The predicted octanol–water partition coefficient (Wildman–Crippen LogP) is 4.08. The molecule has 0 bridgehead atoms. The molecule has 10 heteroatoms. The highest BCUT2D eigenvalue weighted by atomic mass is 16.6. The molecule has 39 heavy (non-hydrogen) atoms. The second-order valence-corrected chi connectivity index (χ2v) is 10.3. The van der Waals surface area contributed by atoms with Crippen LogP contribution in [0.1, 0.15) is 64.1 Å². The zero-order valence-electron chi connectivity index (χ0n) is 23.6. The molecular formula is C29H40N4O6. The standard InChI is InChI=1S/C29H40N4O6/c1-7-8-17-33(27(36)23(18-24(30)34)32-28(37)39-29(3,4)5)25(20-11-9-19(2)10-12-20)26(35)31-21-13-15-22(38-6)16-14-21/h9-16,23,25H,7-8,17-18H2,1-6H3,(H2,30,34)(H,31,35)(H,32,37). The van der Waals surface area contributed by atoms with E-state index in [1.807, 2.05) is 26.0 Å². The van der Waals surface area contributed by atoms with Crippen LogP contribution < -0.4 is 21.1 Å². The van der Waals surface area contributed by atoms with Gasteiger partial charge in [0.1, 0.15) is 23.4 Å². The molecule has 0 spiro atoms. The number of nitrogens with two attached hydrogens (primary N) is 1. The van der Waals surface area contributed by atoms with Gasteiger partial charge in [0.25, 0.3) is 5.91 Å². The summed E-state index contributed by atoms with van der Waals surface area (Å²) in [7, 11) is 1.55. The number of anilines is 1. The van der Waals surface area contributed by atoms with Crippen molar-refractivity contribution in [2.45, 2.75) is 71.6 Å². The Kier molecular flexibility index (Phi) is 11.3. The molecule has 0 heterocycles. The summed E-state index contributed by atoms with van der Waals surface area (Å²) < 4.78 is 10.5. The lowest BCUT2D eigenvalue weighted by atomic mass is 10.00. The third-order valence-corrected chi connectivity index (χ3v) is 5.74. The summed E-state index contributed by atoms with van der Waals surface area (Å²) in [6.07, 6.45) is -0.00181. The van der Waals surface area contributed by atoms with Gasteiger partial charge in [-0.25, -0.2) is 4.79 Å². The lowest BCUT2D eigenvalue weighted by molar-refractivity contribution is -0.142. The fraction of sp³-hybridized carbons (Fsp3) is 0.448. The number of rotatable bonds is 12. The lowest BCUT2D eigenvalue weighted by Gasteiger charge is -2.34. The fourth-order valence-electron chi connectivity index (χ4n) is 3.85. The van der Waals surface area contributed by atoms with E-state index in [9.17, 15) is 19.2 Å². The Bertz CT molecular complexity index is 1130. The number of aryl methyl sites for hydroxylation is 1. The molecule has 4 N–H and O–H groups in total. The molecular weight excluding hydrogens is 500 g/mol. The van der Waals surface area contributed by atoms with Crippen molar-refractivity contribution < 1.29 is 28.7 Å². The van der Waals surface area contributed by atoms with Gasteiger partial charge in [0, 0.05) is 12.2 Å². The summed E-state index contributed by atoms with van der Waals surface area (Å²) in [6.45, 7) is 9.13. The van der Waals surface area contributed by atoms with Crippen LogP contribution >= 0.6 is 0 Å². The minimum Gasteiger partial charge on any atom is -0.497 e. The van der Waals surface area contributed by atoms with Crippen molar-refractivity contribution >= 4 is 29.5 Å². The molecule has 2 aromatic carbocycles. The molecule has 0 fully saturated rings. The lowest BCUT2D eigenvalue weighted by Crippen LogP contribution is -2.53. The highest BCUT2D eigenvalue weighted by Crippen LogP contribution is 2.26. The van der Waals surface area contributed by atoms with Crippen LogP contribution in [0.25, 0.3) is 0 Å². The van der Waals surface area contributed by atoms with Gasteiger partial charge in [-0.3, -0.25) is 14.4 Å². The van der Waals surface area contributed by atoms with Gasteiger partial charge in [-0.1, -0.05) is 43.2 Å². The summed E-state index contributed by atoms with van der Waals surface area (Å²) in [5.41, 5.74) is 6.68. The number of nitrogens with one attached hydrogen (secondary N) is 2. The molecule has 0 aliphatic rings. The average molecular weight is 541 g/mol. The maximum absolute atomic E-state index is 14.0. The highest BCUT2D eigenvalue weighted by molar-refractivity contribution is 5.99. The molecule has 0 radical (unpaired) electrons. The number of ether oxygens (including phenoxy) is 2. The Balaban J connectivity index is 2.50. The van der Waals surface area contributed by atoms with Gasteiger partial charge < -0.3 is 30.7 Å². The third-order valence-electron chi connectivity index (χ3n) is 5.74. The molecule has 2 unspecified atom stereocenters. The minimum atomic E-state index is -1.32. The van der Waals surface area contributed by atoms with Gasteiger partial charge in [0.05, 0.1) is 13.5 Å². The Morgan fingerprint density at radius 3 is 2.13 bits per heavy atom. The third kappa shape index (κ3) is 9.96. The second-order valence-electron chi connectivity index (χ2n) is 10.3. The quantitative estimate of drug-likeness (QED) is 0.371. The molecule has 2 rings (SSSR count). The van der Waals surface area contributed by atoms with Crippen molar-refractivity contribution in [1.29, 1.82) is 0 Å². The van der Waals surface area contributed by atoms with Gasteiger partial charge in [-0.05, 0) is 63.9 Å². The number of unbranched alkanes of at least 4 members (excludes halogenated alkanes) is 1. The molecule has 0 aliphatic heterocycles. The van der Waals surface area contributed by atoms with Crippen molar-refractivity contribution in [1.82, 2.24) is 10.2 Å². The normalized spacial score (nSPS) is 12.6. The number of hydrogen-bond acceptors (Lipinski definition) is 6. The monoisotopic (exact) mass is 540 g/mol. The minimum absolute atomic E-state index is 0.204. The largest absolute Gasteiger partial charge is 0.497 e. The van der Waals surface area contributed by atoms with E-state index in [1.165, 1.54) is 4.90 Å². The van der Waals surface area contributed by atoms with Crippen molar-refractivity contribution in [2.24, 2.45) is 5.73 Å². The number of carbonyl (C=O) groups excluding carboxylic acids is 4. The van der Waals surface area contributed by atoms with Crippen LogP contribution in [0.15, 0.2) is 48.5 Å². The van der Waals surface area contributed by atoms with Crippen LogP contribution in [0.2, 0.25) is 0 Å². The van der Waals surface area contributed by atoms with E-state index in [4.69, 9.17) is 15.2 Å². The van der Waals surface area contributed by atoms with Crippen LogP contribution in [0.3, 0.4) is 0 Å². The number of carbonyl (C=O) groups is 4. The van der Waals surface area contributed by atoms with E-state index >= 15 is 0 Å². The van der Waals surface area contributed by atoms with E-state index in [-0.39, 0.29) is 6.54 Å². The second kappa shape index (κ2) is 14.2. The summed E-state index contributed by atoms with van der Waals surface area (Å²) >= 11 is 0. The van der Waals surface area contributed by atoms with Crippen LogP contribution in [0.5, 0.6) is 5.75 Å². The zero-order chi connectivity index (χ0) is 29.2. The maximum atomic E-state index is 14.0. The summed E-state index contributed by atoms with van der Waals surface area (Å²) in [5, 5.41) is 5.36. The Morgan fingerprint density at radius 1 is 1.00 bits per heavy atom. The van der Waals surface area contributed by atoms with E-state index in [0.717, 1.165) is 12.0 Å². The fourth-order valence-corrected chi connectivity index (χ4v) is 3.85. The molecule has 2 atom stereocenters. The van der Waals surface area contributed by atoms with Crippen LogP contribution in [-0.2, 0) is 19.1 Å². The molecule has 0 aliphatic carbocycles. The Hall–Kier alpha value is -4.08. The number of hydrogen-bond donors (Lipinski definition) is 3. The smallest absolute Gasteiger partial charge is 0.408 e. The number of alkyl carbamates (subject to hydrolysis) is 1. The first-order valence-electron chi connectivity index (χ1n) is 12.9. The van der Waals surface area contributed by atoms with Gasteiger partial charge in [-0.2, -0.15) is 0 Å². The number of nitrogens with zero attached hydrogens (tertiary/aromatic N) is 1. The van der Waals surface area contributed by atoms with Crippen molar-refractivity contribution in [2.75, 3.05) is 19.0 Å². The maximum Gasteiger partial charge on any atom is 0.408 e. The molecule has 2 aromatic rings. The Morgan fingerprint density at radius 2 is 1.62 bits per heavy atom.